The topological polar surface area (TPSA) is 125 Å². The lowest BCUT2D eigenvalue weighted by Gasteiger charge is -2.10. The maximum atomic E-state index is 11.8. The monoisotopic (exact) mass is 494 g/mol. The normalized spacial score (nSPS) is 11.6. The average Bonchev–Trinajstić information content (AvgIpc) is 3.60. The molecule has 36 heavy (non-hydrogen) atoms. The van der Waals surface area contributed by atoms with Crippen LogP contribution in [-0.4, -0.2) is 46.9 Å². The van der Waals surface area contributed by atoms with E-state index in [0.29, 0.717) is 22.4 Å². The summed E-state index contributed by atoms with van der Waals surface area (Å²) in [6.07, 6.45) is 8.90. The minimum absolute atomic E-state index is 0.0437. The third-order valence-electron chi connectivity index (χ3n) is 5.77. The number of rotatable bonds is 6. The van der Waals surface area contributed by atoms with Gasteiger partial charge in [-0.3, -0.25) is 24.8 Å². The van der Waals surface area contributed by atoms with Crippen LogP contribution in [0.3, 0.4) is 0 Å². The maximum absolute atomic E-state index is 11.8. The molecule has 0 radical (unpaired) electrons. The zero-order chi connectivity index (χ0) is 24.8. The van der Waals surface area contributed by atoms with Crippen LogP contribution in [0.5, 0.6) is 0 Å². The number of fused-ring (bicyclic) bond motifs is 2. The summed E-state index contributed by atoms with van der Waals surface area (Å²) in [6, 6.07) is 8.11. The number of ketones is 1. The van der Waals surface area contributed by atoms with Gasteiger partial charge in [-0.2, -0.15) is 5.10 Å². The van der Waals surface area contributed by atoms with Gasteiger partial charge in [-0.25, -0.2) is 4.98 Å². The lowest BCUT2D eigenvalue weighted by molar-refractivity contribution is 0.102. The van der Waals surface area contributed by atoms with Crippen molar-refractivity contribution in [2.75, 3.05) is 5.32 Å². The minimum atomic E-state index is 0.0437. The van der Waals surface area contributed by atoms with Crippen LogP contribution in [0.25, 0.3) is 55.2 Å². The van der Waals surface area contributed by atoms with Crippen LogP contribution in [0.2, 0.25) is 0 Å². The van der Waals surface area contributed by atoms with Gasteiger partial charge in [-0.15, -0.1) is 11.3 Å². The number of hydrogen-bond donors (Lipinski definition) is 3. The fourth-order valence-corrected chi connectivity index (χ4v) is 5.06. The molecule has 0 saturated heterocycles. The molecule has 0 spiro atoms. The van der Waals surface area contributed by atoms with Crippen LogP contribution in [0.4, 0.5) is 5.69 Å². The molecule has 6 aromatic heterocycles. The quantitative estimate of drug-likeness (QED) is 0.253. The Kier molecular flexibility index (Phi) is 5.30. The van der Waals surface area contributed by atoms with Gasteiger partial charge in [0.15, 0.2) is 11.6 Å². The number of thiophene rings is 1. The van der Waals surface area contributed by atoms with Crippen molar-refractivity contribution in [2.45, 2.75) is 26.8 Å². The van der Waals surface area contributed by atoms with Crippen LogP contribution in [0.1, 0.15) is 30.4 Å². The van der Waals surface area contributed by atoms with Crippen molar-refractivity contribution in [3.05, 3.63) is 60.1 Å². The van der Waals surface area contributed by atoms with Gasteiger partial charge in [0.05, 0.1) is 39.7 Å². The van der Waals surface area contributed by atoms with Gasteiger partial charge in [0.2, 0.25) is 0 Å². The van der Waals surface area contributed by atoms with Crippen molar-refractivity contribution in [1.29, 1.82) is 0 Å². The molecule has 0 saturated carbocycles. The summed E-state index contributed by atoms with van der Waals surface area (Å²) in [5.41, 5.74) is 6.58. The molecule has 6 aromatic rings. The number of nitrogens with one attached hydrogen (secondary N) is 3. The summed E-state index contributed by atoms with van der Waals surface area (Å²) in [4.78, 5) is 35.0. The first-order chi connectivity index (χ1) is 17.5. The first-order valence-corrected chi connectivity index (χ1v) is 12.3. The maximum Gasteiger partial charge on any atom is 0.169 e. The van der Waals surface area contributed by atoms with E-state index in [1.54, 1.807) is 37.9 Å². The molecule has 6 rings (SSSR count). The van der Waals surface area contributed by atoms with E-state index in [9.17, 15) is 4.79 Å². The van der Waals surface area contributed by atoms with Crippen molar-refractivity contribution in [1.82, 2.24) is 35.1 Å². The number of nitrogens with zero attached hydrogens (tertiary/aromatic N) is 5. The van der Waals surface area contributed by atoms with E-state index in [4.69, 9.17) is 4.98 Å². The fourth-order valence-electron chi connectivity index (χ4n) is 4.14. The molecule has 0 aliphatic heterocycles. The Morgan fingerprint density at radius 2 is 1.89 bits per heavy atom. The number of anilines is 1. The van der Waals surface area contributed by atoms with Crippen molar-refractivity contribution >= 4 is 44.7 Å². The predicted molar refractivity (Wildman–Crippen MR) is 142 cm³/mol. The molecule has 3 N–H and O–H groups in total. The second-order valence-electron chi connectivity index (χ2n) is 8.84. The van der Waals surface area contributed by atoms with Gasteiger partial charge in [0, 0.05) is 46.0 Å². The van der Waals surface area contributed by atoms with E-state index < -0.39 is 0 Å². The number of imidazole rings is 1. The van der Waals surface area contributed by atoms with E-state index in [1.165, 1.54) is 11.3 Å². The number of aromatic amines is 2. The Labute approximate surface area is 210 Å². The highest BCUT2D eigenvalue weighted by Crippen LogP contribution is 2.35. The van der Waals surface area contributed by atoms with Crippen molar-refractivity contribution < 1.29 is 4.79 Å². The molecule has 0 aliphatic carbocycles. The molecule has 6 heterocycles. The van der Waals surface area contributed by atoms with Gasteiger partial charge < -0.3 is 10.3 Å². The van der Waals surface area contributed by atoms with E-state index in [0.717, 1.165) is 49.3 Å². The summed E-state index contributed by atoms with van der Waals surface area (Å²) in [6.45, 7) is 5.74. The number of pyridine rings is 3. The molecule has 178 valence electrons. The smallest absolute Gasteiger partial charge is 0.169 e. The van der Waals surface area contributed by atoms with Gasteiger partial charge in [0.1, 0.15) is 11.2 Å². The number of Topliss-reactive ketones (excluding diaryl/α,β-unsaturated/α-hetero) is 1. The highest BCUT2D eigenvalue weighted by Gasteiger charge is 2.18. The minimum Gasteiger partial charge on any atom is -0.382 e. The van der Waals surface area contributed by atoms with Crippen LogP contribution in [0.15, 0.2) is 55.2 Å². The number of aromatic nitrogens is 7. The highest BCUT2D eigenvalue weighted by molar-refractivity contribution is 7.17. The van der Waals surface area contributed by atoms with Crippen LogP contribution < -0.4 is 5.32 Å². The Hall–Kier alpha value is -4.44. The van der Waals surface area contributed by atoms with Gasteiger partial charge in [0.25, 0.3) is 0 Å². The number of H-pyrrole nitrogens is 2. The fraction of sp³-hybridized carbons (Fsp3) is 0.154. The second-order valence-corrected chi connectivity index (χ2v) is 9.92. The van der Waals surface area contributed by atoms with Crippen molar-refractivity contribution in [3.63, 3.8) is 0 Å². The van der Waals surface area contributed by atoms with Gasteiger partial charge in [-0.05, 0) is 45.0 Å². The standard InChI is InChI=1S/C26H22N8OS/c1-13(2)30-16-6-15(8-27-9-16)19-7-17-20(12-29-19)33-34-25(17)26-31-21-11-28-10-18(24(21)32-26)23-5-4-22(36-23)14(3)35/h4-13,30H,1-3H3,(H,31,32)(H,33,34). The first-order valence-electron chi connectivity index (χ1n) is 11.5. The molecule has 0 atom stereocenters. The zero-order valence-corrected chi connectivity index (χ0v) is 20.6. The molecule has 10 heteroatoms. The number of hydrogen-bond acceptors (Lipinski definition) is 8. The highest BCUT2D eigenvalue weighted by atomic mass is 32.1. The number of carbonyl (C=O) groups excluding carboxylic acids is 1. The van der Waals surface area contributed by atoms with Crippen LogP contribution in [-0.2, 0) is 0 Å². The SMILES string of the molecule is CC(=O)c1ccc(-c2cncc3[nH]c(-c4n[nH]c5cnc(-c6cncc(NC(C)C)c6)cc45)nc23)s1. The largest absolute Gasteiger partial charge is 0.382 e. The molecular weight excluding hydrogens is 472 g/mol. The van der Waals surface area contributed by atoms with E-state index in [-0.39, 0.29) is 5.78 Å². The van der Waals surface area contributed by atoms with Gasteiger partial charge >= 0.3 is 0 Å². The lowest BCUT2D eigenvalue weighted by atomic mass is 10.1. The predicted octanol–water partition coefficient (Wildman–Crippen LogP) is 5.71. The molecule has 0 aliphatic rings. The molecule has 0 amide bonds. The lowest BCUT2D eigenvalue weighted by Crippen LogP contribution is -2.09. The third kappa shape index (κ3) is 3.91. The summed E-state index contributed by atoms with van der Waals surface area (Å²) in [7, 11) is 0. The van der Waals surface area contributed by atoms with E-state index >= 15 is 0 Å². The van der Waals surface area contributed by atoms with E-state index in [1.807, 2.05) is 24.3 Å². The summed E-state index contributed by atoms with van der Waals surface area (Å²) in [5, 5.41) is 11.9. The van der Waals surface area contributed by atoms with E-state index in [2.05, 4.69) is 49.3 Å². The molecule has 0 unspecified atom stereocenters. The average molecular weight is 495 g/mol. The second kappa shape index (κ2) is 8.65. The zero-order valence-electron chi connectivity index (χ0n) is 19.8. The Morgan fingerprint density at radius 3 is 2.69 bits per heavy atom. The Balaban J connectivity index is 1.43. The van der Waals surface area contributed by atoms with Crippen molar-refractivity contribution in [3.8, 4) is 33.2 Å². The summed E-state index contributed by atoms with van der Waals surface area (Å²) in [5.74, 6) is 0.668. The Bertz CT molecular complexity index is 1750. The summed E-state index contributed by atoms with van der Waals surface area (Å²) < 4.78 is 0. The first kappa shape index (κ1) is 22.1. The summed E-state index contributed by atoms with van der Waals surface area (Å²) >= 11 is 1.44. The molecule has 0 aromatic carbocycles. The Morgan fingerprint density at radius 1 is 1.03 bits per heavy atom. The van der Waals surface area contributed by atoms with Crippen LogP contribution in [0, 0.1) is 0 Å². The molecule has 0 fully saturated rings. The van der Waals surface area contributed by atoms with Crippen molar-refractivity contribution in [2.24, 2.45) is 0 Å². The molecule has 0 bridgehead atoms. The number of carbonyl (C=O) groups is 1. The molecule has 9 nitrogen and oxygen atoms in total. The van der Waals surface area contributed by atoms with Gasteiger partial charge in [-0.1, -0.05) is 0 Å². The third-order valence-corrected chi connectivity index (χ3v) is 6.99. The van der Waals surface area contributed by atoms with Crippen LogP contribution >= 0.6 is 11.3 Å². The molecular formula is C26H22N8OS.